The van der Waals surface area contributed by atoms with Gasteiger partial charge in [-0.25, -0.2) is 0 Å². The van der Waals surface area contributed by atoms with Crippen LogP contribution in [0, 0.1) is 5.41 Å². The van der Waals surface area contributed by atoms with Crippen LogP contribution in [0.2, 0.25) is 0 Å². The van der Waals surface area contributed by atoms with Crippen LogP contribution < -0.4 is 5.32 Å². The van der Waals surface area contributed by atoms with Crippen molar-refractivity contribution in [3.63, 3.8) is 0 Å². The zero-order valence-electron chi connectivity index (χ0n) is 7.51. The van der Waals surface area contributed by atoms with Crippen molar-refractivity contribution in [2.75, 3.05) is 33.2 Å². The molecule has 2 nitrogen and oxygen atoms in total. The summed E-state index contributed by atoms with van der Waals surface area (Å²) in [5, 5.41) is 3.45. The molecular formula is C8H18Cl2N2. The smallest absolute Gasteiger partial charge is 0.00481 e. The highest BCUT2D eigenvalue weighted by Gasteiger charge is 2.38. The summed E-state index contributed by atoms with van der Waals surface area (Å²) in [6.45, 7) is 5.13. The Labute approximate surface area is 86.9 Å². The number of halogens is 2. The van der Waals surface area contributed by atoms with E-state index in [1.165, 1.54) is 39.0 Å². The second-order valence-corrected chi connectivity index (χ2v) is 3.91. The number of likely N-dealkylation sites (tertiary alicyclic amines) is 1. The molecule has 0 bridgehead atoms. The Morgan fingerprint density at radius 1 is 1.25 bits per heavy atom. The molecule has 1 N–H and O–H groups in total. The van der Waals surface area contributed by atoms with Gasteiger partial charge in [0.15, 0.2) is 0 Å². The average Bonchev–Trinajstić information content (AvgIpc) is 2.46. The van der Waals surface area contributed by atoms with Gasteiger partial charge in [0.2, 0.25) is 0 Å². The molecule has 2 saturated heterocycles. The van der Waals surface area contributed by atoms with Crippen LogP contribution in [0.25, 0.3) is 0 Å². The number of hydrogen-bond donors (Lipinski definition) is 1. The van der Waals surface area contributed by atoms with Gasteiger partial charge in [-0.15, -0.1) is 24.8 Å². The van der Waals surface area contributed by atoms with Gasteiger partial charge < -0.3 is 10.2 Å². The Hall–Kier alpha value is 0.500. The standard InChI is InChI=1S/C8H16N2.2ClH/c1-10-5-3-8(7-10)2-4-9-6-8;;/h9H,2-7H2,1H3;2*1H/t8-;;/m0../s1. The van der Waals surface area contributed by atoms with Gasteiger partial charge in [0, 0.05) is 13.1 Å². The predicted octanol–water partition coefficient (Wildman–Crippen LogP) is 1.15. The van der Waals surface area contributed by atoms with Crippen molar-refractivity contribution < 1.29 is 0 Å². The molecule has 0 aromatic carbocycles. The molecule has 0 radical (unpaired) electrons. The van der Waals surface area contributed by atoms with E-state index in [-0.39, 0.29) is 24.8 Å². The Kier molecular flexibility index (Phi) is 4.85. The van der Waals surface area contributed by atoms with Gasteiger partial charge in [-0.2, -0.15) is 0 Å². The highest BCUT2D eigenvalue weighted by molar-refractivity contribution is 5.85. The first kappa shape index (κ1) is 12.5. The molecule has 1 spiro atoms. The van der Waals surface area contributed by atoms with Gasteiger partial charge in [0.25, 0.3) is 0 Å². The molecule has 2 fully saturated rings. The van der Waals surface area contributed by atoms with E-state index in [0.717, 1.165) is 0 Å². The van der Waals surface area contributed by atoms with Gasteiger partial charge in [-0.3, -0.25) is 0 Å². The van der Waals surface area contributed by atoms with E-state index in [9.17, 15) is 0 Å². The molecule has 2 rings (SSSR count). The quantitative estimate of drug-likeness (QED) is 0.649. The third-order valence-corrected chi connectivity index (χ3v) is 2.96. The molecule has 0 unspecified atom stereocenters. The molecule has 0 aromatic heterocycles. The number of hydrogen-bond acceptors (Lipinski definition) is 2. The highest BCUT2D eigenvalue weighted by atomic mass is 35.5. The van der Waals surface area contributed by atoms with Crippen LogP contribution in [0.3, 0.4) is 0 Å². The van der Waals surface area contributed by atoms with E-state index in [1.54, 1.807) is 0 Å². The largest absolute Gasteiger partial charge is 0.316 e. The lowest BCUT2D eigenvalue weighted by Crippen LogP contribution is -2.27. The van der Waals surface area contributed by atoms with Crippen molar-refractivity contribution in [2.45, 2.75) is 12.8 Å². The summed E-state index contributed by atoms with van der Waals surface area (Å²) >= 11 is 0. The second-order valence-electron chi connectivity index (χ2n) is 3.91. The third kappa shape index (κ3) is 2.25. The monoisotopic (exact) mass is 212 g/mol. The number of rotatable bonds is 0. The van der Waals surface area contributed by atoms with Gasteiger partial charge >= 0.3 is 0 Å². The van der Waals surface area contributed by atoms with Crippen LogP contribution in [-0.2, 0) is 0 Å². The fourth-order valence-electron chi connectivity index (χ4n) is 2.30. The van der Waals surface area contributed by atoms with Gasteiger partial charge in [-0.1, -0.05) is 0 Å². The Bertz CT molecular complexity index is 135. The molecule has 2 heterocycles. The molecule has 1 atom stereocenters. The fourth-order valence-corrected chi connectivity index (χ4v) is 2.30. The van der Waals surface area contributed by atoms with Crippen molar-refractivity contribution in [3.8, 4) is 0 Å². The van der Waals surface area contributed by atoms with Crippen LogP contribution in [0.15, 0.2) is 0 Å². The third-order valence-electron chi connectivity index (χ3n) is 2.96. The van der Waals surface area contributed by atoms with Crippen molar-refractivity contribution in [1.82, 2.24) is 10.2 Å². The van der Waals surface area contributed by atoms with Crippen LogP contribution in [0.1, 0.15) is 12.8 Å². The maximum absolute atomic E-state index is 3.45. The minimum atomic E-state index is 0. The zero-order chi connectivity index (χ0) is 7.03. The summed E-state index contributed by atoms with van der Waals surface area (Å²) in [7, 11) is 2.23. The van der Waals surface area contributed by atoms with E-state index >= 15 is 0 Å². The van der Waals surface area contributed by atoms with Gasteiger partial charge in [-0.05, 0) is 38.4 Å². The van der Waals surface area contributed by atoms with Crippen molar-refractivity contribution in [3.05, 3.63) is 0 Å². The minimum Gasteiger partial charge on any atom is -0.316 e. The second kappa shape index (κ2) is 4.66. The molecule has 0 amide bonds. The summed E-state index contributed by atoms with van der Waals surface area (Å²) in [5.74, 6) is 0. The normalized spacial score (nSPS) is 34.8. The molecule has 2 aliphatic rings. The molecule has 0 saturated carbocycles. The van der Waals surface area contributed by atoms with Crippen LogP contribution in [0.5, 0.6) is 0 Å². The molecule has 74 valence electrons. The first-order valence-corrected chi connectivity index (χ1v) is 4.20. The van der Waals surface area contributed by atoms with Crippen molar-refractivity contribution in [2.24, 2.45) is 5.41 Å². The molecule has 0 aromatic rings. The maximum Gasteiger partial charge on any atom is 0.00481 e. The minimum absolute atomic E-state index is 0. The molecule has 12 heavy (non-hydrogen) atoms. The Morgan fingerprint density at radius 3 is 2.42 bits per heavy atom. The predicted molar refractivity (Wildman–Crippen MR) is 56.5 cm³/mol. The first-order chi connectivity index (χ1) is 4.81. The lowest BCUT2D eigenvalue weighted by molar-refractivity contribution is 0.309. The van der Waals surface area contributed by atoms with Crippen molar-refractivity contribution in [1.29, 1.82) is 0 Å². The SMILES string of the molecule is CN1CC[C@]2(CCNC2)C1.Cl.Cl. The summed E-state index contributed by atoms with van der Waals surface area (Å²) in [6, 6.07) is 0. The van der Waals surface area contributed by atoms with Crippen molar-refractivity contribution >= 4 is 24.8 Å². The highest BCUT2D eigenvalue weighted by Crippen LogP contribution is 2.34. The lowest BCUT2D eigenvalue weighted by atomic mass is 9.87. The number of nitrogens with zero attached hydrogens (tertiary/aromatic N) is 1. The summed E-state index contributed by atoms with van der Waals surface area (Å²) in [5.41, 5.74) is 0.675. The van der Waals surface area contributed by atoms with E-state index in [4.69, 9.17) is 0 Å². The zero-order valence-corrected chi connectivity index (χ0v) is 9.14. The van der Waals surface area contributed by atoms with Gasteiger partial charge in [0.05, 0.1) is 0 Å². The fraction of sp³-hybridized carbons (Fsp3) is 1.00. The lowest BCUT2D eigenvalue weighted by Gasteiger charge is -2.20. The molecule has 0 aliphatic carbocycles. The Balaban J connectivity index is 0.000000605. The van der Waals surface area contributed by atoms with Gasteiger partial charge in [0.1, 0.15) is 0 Å². The summed E-state index contributed by atoms with van der Waals surface area (Å²) in [6.07, 6.45) is 2.81. The van der Waals surface area contributed by atoms with E-state index in [2.05, 4.69) is 17.3 Å². The van der Waals surface area contributed by atoms with E-state index < -0.39 is 0 Å². The van der Waals surface area contributed by atoms with E-state index in [0.29, 0.717) is 5.41 Å². The average molecular weight is 213 g/mol. The maximum atomic E-state index is 3.45. The van der Waals surface area contributed by atoms with Crippen LogP contribution in [0.4, 0.5) is 0 Å². The summed E-state index contributed by atoms with van der Waals surface area (Å²) in [4.78, 5) is 2.45. The number of nitrogens with one attached hydrogen (secondary N) is 1. The molecule has 2 aliphatic heterocycles. The van der Waals surface area contributed by atoms with Crippen LogP contribution >= 0.6 is 24.8 Å². The summed E-state index contributed by atoms with van der Waals surface area (Å²) < 4.78 is 0. The molecule has 4 heteroatoms. The Morgan fingerprint density at radius 2 is 2.00 bits per heavy atom. The van der Waals surface area contributed by atoms with Crippen LogP contribution in [-0.4, -0.2) is 38.1 Å². The first-order valence-electron chi connectivity index (χ1n) is 4.20. The topological polar surface area (TPSA) is 15.3 Å². The molecular weight excluding hydrogens is 195 g/mol. The van der Waals surface area contributed by atoms with E-state index in [1.807, 2.05) is 0 Å².